The third kappa shape index (κ3) is 4.35. The number of likely N-dealkylation sites (tertiary alicyclic amines) is 1. The van der Waals surface area contributed by atoms with Gasteiger partial charge in [-0.3, -0.25) is 9.69 Å². The molecule has 0 saturated carbocycles. The number of benzene rings is 1. The molecule has 136 valence electrons. The quantitative estimate of drug-likeness (QED) is 0.827. The van der Waals surface area contributed by atoms with Crippen molar-refractivity contribution in [2.24, 2.45) is 0 Å². The Morgan fingerprint density at radius 1 is 1.44 bits per heavy atom. The number of carbonyl (C=O) groups excluding carboxylic acids is 1. The number of nitrogens with zero attached hydrogens (tertiary/aromatic N) is 1. The molecule has 1 aliphatic rings. The molecule has 25 heavy (non-hydrogen) atoms. The maximum Gasteiger partial charge on any atom is 0.224 e. The number of piperidine rings is 1. The average molecular weight is 365 g/mol. The molecule has 2 heterocycles. The number of halogens is 1. The number of carbonyl (C=O) groups is 1. The fourth-order valence-corrected chi connectivity index (χ4v) is 3.64. The van der Waals surface area contributed by atoms with Crippen LogP contribution >= 0.6 is 11.6 Å². The lowest BCUT2D eigenvalue weighted by Gasteiger charge is -2.34. The molecule has 1 atom stereocenters. The van der Waals surface area contributed by atoms with Crippen molar-refractivity contribution in [2.45, 2.75) is 38.6 Å². The van der Waals surface area contributed by atoms with Gasteiger partial charge in [0.15, 0.2) is 0 Å². The zero-order valence-corrected chi connectivity index (χ0v) is 15.3. The molecule has 0 aliphatic carbocycles. The monoisotopic (exact) mass is 364 g/mol. The van der Waals surface area contributed by atoms with Gasteiger partial charge in [-0.2, -0.15) is 0 Å². The summed E-state index contributed by atoms with van der Waals surface area (Å²) in [5.74, 6) is -0.0306. The van der Waals surface area contributed by atoms with Gasteiger partial charge in [0.1, 0.15) is 5.58 Å². The van der Waals surface area contributed by atoms with E-state index >= 15 is 0 Å². The molecule has 3 rings (SSSR count). The van der Waals surface area contributed by atoms with Crippen LogP contribution in [-0.2, 0) is 11.2 Å². The molecule has 0 radical (unpaired) electrons. The highest BCUT2D eigenvalue weighted by Crippen LogP contribution is 2.27. The molecule has 0 bridgehead atoms. The molecule has 0 unspecified atom stereocenters. The Labute approximate surface area is 152 Å². The van der Waals surface area contributed by atoms with Gasteiger partial charge in [-0.1, -0.05) is 18.0 Å². The predicted octanol–water partition coefficient (Wildman–Crippen LogP) is 2.90. The van der Waals surface area contributed by atoms with Crippen LogP contribution in [0.3, 0.4) is 0 Å². The lowest BCUT2D eigenvalue weighted by Crippen LogP contribution is -2.45. The number of furan rings is 1. The van der Waals surface area contributed by atoms with E-state index in [-0.39, 0.29) is 25.0 Å². The summed E-state index contributed by atoms with van der Waals surface area (Å²) >= 11 is 6.18. The zero-order valence-electron chi connectivity index (χ0n) is 14.6. The molecule has 0 spiro atoms. The summed E-state index contributed by atoms with van der Waals surface area (Å²) in [5, 5.41) is 14.0. The van der Waals surface area contributed by atoms with Crippen molar-refractivity contribution in [2.75, 3.05) is 26.2 Å². The molecule has 2 N–H and O–H groups in total. The summed E-state index contributed by atoms with van der Waals surface area (Å²) in [6, 6.07) is 3.98. The fourth-order valence-electron chi connectivity index (χ4n) is 3.47. The van der Waals surface area contributed by atoms with Crippen LogP contribution in [-0.4, -0.2) is 48.2 Å². The molecular formula is C19H25ClN2O3. The van der Waals surface area contributed by atoms with Gasteiger partial charge in [0, 0.05) is 35.1 Å². The van der Waals surface area contributed by atoms with Gasteiger partial charge >= 0.3 is 0 Å². The van der Waals surface area contributed by atoms with E-state index in [1.54, 1.807) is 6.26 Å². The van der Waals surface area contributed by atoms with Crippen LogP contribution < -0.4 is 5.32 Å². The Balaban J connectivity index is 1.53. The lowest BCUT2D eigenvalue weighted by atomic mass is 10.0. The van der Waals surface area contributed by atoms with Crippen molar-refractivity contribution in [3.63, 3.8) is 0 Å². The second kappa shape index (κ2) is 8.21. The SMILES string of the molecule is Cc1cc2occ(CC(=O)NCCN3CCCC[C@H]3CO)c2cc1Cl. The van der Waals surface area contributed by atoms with Gasteiger partial charge in [-0.25, -0.2) is 0 Å². The molecule has 1 aromatic heterocycles. The molecule has 5 nitrogen and oxygen atoms in total. The first-order valence-electron chi connectivity index (χ1n) is 8.86. The van der Waals surface area contributed by atoms with E-state index < -0.39 is 0 Å². The Hall–Kier alpha value is -1.56. The first-order chi connectivity index (χ1) is 12.1. The minimum atomic E-state index is -0.0306. The van der Waals surface area contributed by atoms with E-state index in [9.17, 15) is 9.90 Å². The van der Waals surface area contributed by atoms with Crippen LogP contribution in [0, 0.1) is 6.92 Å². The van der Waals surface area contributed by atoms with E-state index in [2.05, 4.69) is 10.2 Å². The van der Waals surface area contributed by atoms with Gasteiger partial charge < -0.3 is 14.8 Å². The van der Waals surface area contributed by atoms with Gasteiger partial charge in [-0.05, 0) is 44.0 Å². The van der Waals surface area contributed by atoms with Crippen molar-refractivity contribution in [1.82, 2.24) is 10.2 Å². The maximum atomic E-state index is 12.2. The van der Waals surface area contributed by atoms with E-state index in [1.807, 2.05) is 19.1 Å². The molecule has 1 fully saturated rings. The van der Waals surface area contributed by atoms with Crippen LogP contribution in [0.4, 0.5) is 0 Å². The molecular weight excluding hydrogens is 340 g/mol. The maximum absolute atomic E-state index is 12.2. The number of amides is 1. The molecule has 2 aromatic rings. The molecule has 1 saturated heterocycles. The van der Waals surface area contributed by atoms with E-state index in [0.717, 1.165) is 48.0 Å². The van der Waals surface area contributed by atoms with Gasteiger partial charge in [0.25, 0.3) is 0 Å². The van der Waals surface area contributed by atoms with Crippen LogP contribution in [0.1, 0.15) is 30.4 Å². The van der Waals surface area contributed by atoms with Crippen molar-refractivity contribution >= 4 is 28.5 Å². The van der Waals surface area contributed by atoms with Crippen molar-refractivity contribution < 1.29 is 14.3 Å². The number of hydrogen-bond donors (Lipinski definition) is 2. The number of aryl methyl sites for hydroxylation is 1. The molecule has 1 aromatic carbocycles. The van der Waals surface area contributed by atoms with Crippen LogP contribution in [0.15, 0.2) is 22.8 Å². The number of hydrogen-bond acceptors (Lipinski definition) is 4. The smallest absolute Gasteiger partial charge is 0.224 e. The molecule has 6 heteroatoms. The summed E-state index contributed by atoms with van der Waals surface area (Å²) in [5.41, 5.74) is 2.56. The second-order valence-electron chi connectivity index (χ2n) is 6.75. The average Bonchev–Trinajstić information content (AvgIpc) is 2.97. The second-order valence-corrected chi connectivity index (χ2v) is 7.16. The first kappa shape index (κ1) is 18.2. The summed E-state index contributed by atoms with van der Waals surface area (Å²) in [6.07, 6.45) is 5.27. The van der Waals surface area contributed by atoms with Crippen molar-refractivity contribution in [1.29, 1.82) is 0 Å². The summed E-state index contributed by atoms with van der Waals surface area (Å²) in [4.78, 5) is 14.5. The third-order valence-corrected chi connectivity index (χ3v) is 5.37. The van der Waals surface area contributed by atoms with Crippen molar-refractivity contribution in [3.05, 3.63) is 34.5 Å². The molecule has 1 amide bonds. The zero-order chi connectivity index (χ0) is 17.8. The normalized spacial score (nSPS) is 18.6. The highest BCUT2D eigenvalue weighted by Gasteiger charge is 2.21. The van der Waals surface area contributed by atoms with Gasteiger partial charge in [0.2, 0.25) is 5.91 Å². The fraction of sp³-hybridized carbons (Fsp3) is 0.526. The first-order valence-corrected chi connectivity index (χ1v) is 9.24. The summed E-state index contributed by atoms with van der Waals surface area (Å²) in [6.45, 7) is 4.47. The minimum absolute atomic E-state index is 0.0306. The standard InChI is InChI=1S/C19H25ClN2O3/c1-13-8-18-16(10-17(13)20)14(12-25-18)9-19(24)21-5-7-22-6-3-2-4-15(22)11-23/h8,10,12,15,23H,2-7,9,11H2,1H3,(H,21,24)/t15-/m0/s1. The van der Waals surface area contributed by atoms with Crippen LogP contribution in [0.25, 0.3) is 11.0 Å². The Morgan fingerprint density at radius 3 is 3.08 bits per heavy atom. The van der Waals surface area contributed by atoms with E-state index in [0.29, 0.717) is 11.6 Å². The predicted molar refractivity (Wildman–Crippen MR) is 99.0 cm³/mol. The molecule has 1 aliphatic heterocycles. The van der Waals surface area contributed by atoms with Crippen molar-refractivity contribution in [3.8, 4) is 0 Å². The Morgan fingerprint density at radius 2 is 2.28 bits per heavy atom. The minimum Gasteiger partial charge on any atom is -0.464 e. The number of fused-ring (bicyclic) bond motifs is 1. The highest BCUT2D eigenvalue weighted by atomic mass is 35.5. The summed E-state index contributed by atoms with van der Waals surface area (Å²) < 4.78 is 5.54. The van der Waals surface area contributed by atoms with E-state index in [4.69, 9.17) is 16.0 Å². The Kier molecular flexibility index (Phi) is 5.99. The van der Waals surface area contributed by atoms with Gasteiger partial charge in [-0.15, -0.1) is 0 Å². The topological polar surface area (TPSA) is 65.7 Å². The largest absolute Gasteiger partial charge is 0.464 e. The number of rotatable bonds is 6. The third-order valence-electron chi connectivity index (χ3n) is 4.97. The highest BCUT2D eigenvalue weighted by molar-refractivity contribution is 6.32. The Bertz CT molecular complexity index is 744. The number of aliphatic hydroxyl groups is 1. The van der Waals surface area contributed by atoms with Crippen LogP contribution in [0.2, 0.25) is 5.02 Å². The number of nitrogens with one attached hydrogen (secondary N) is 1. The summed E-state index contributed by atoms with van der Waals surface area (Å²) in [7, 11) is 0. The lowest BCUT2D eigenvalue weighted by molar-refractivity contribution is -0.120. The van der Waals surface area contributed by atoms with Gasteiger partial charge in [0.05, 0.1) is 19.3 Å². The number of aliphatic hydroxyl groups excluding tert-OH is 1. The van der Waals surface area contributed by atoms with Crippen LogP contribution in [0.5, 0.6) is 0 Å². The van der Waals surface area contributed by atoms with E-state index in [1.165, 1.54) is 6.42 Å².